The quantitative estimate of drug-likeness (QED) is 0.655. The summed E-state index contributed by atoms with van der Waals surface area (Å²) < 4.78 is 32.5. The lowest BCUT2D eigenvalue weighted by Crippen LogP contribution is -2.40. The molecule has 158 valence electrons. The smallest absolute Gasteiger partial charge is 0.243 e. The number of ether oxygens (including phenoxy) is 1. The van der Waals surface area contributed by atoms with Gasteiger partial charge in [0.05, 0.1) is 41.3 Å². The molecule has 0 aliphatic carbocycles. The fourth-order valence-electron chi connectivity index (χ4n) is 3.00. The average Bonchev–Trinajstić information content (AvgIpc) is 2.77. The lowest BCUT2D eigenvalue weighted by molar-refractivity contribution is 0.0730. The summed E-state index contributed by atoms with van der Waals surface area (Å²) in [5.41, 5.74) is 1.20. The molecule has 30 heavy (non-hydrogen) atoms. The van der Waals surface area contributed by atoms with E-state index in [1.165, 1.54) is 22.5 Å². The minimum Gasteiger partial charge on any atom is -0.379 e. The van der Waals surface area contributed by atoms with Gasteiger partial charge in [-0.3, -0.25) is 0 Å². The van der Waals surface area contributed by atoms with E-state index < -0.39 is 10.0 Å². The highest BCUT2D eigenvalue weighted by atomic mass is 35.5. The molecule has 1 aliphatic rings. The van der Waals surface area contributed by atoms with Crippen LogP contribution in [0, 0.1) is 11.3 Å². The maximum atomic E-state index is 13.0. The first-order valence-electron chi connectivity index (χ1n) is 9.31. The molecule has 0 atom stereocenters. The van der Waals surface area contributed by atoms with E-state index in [1.807, 2.05) is 30.3 Å². The molecule has 0 amide bonds. The Morgan fingerprint density at radius 3 is 2.60 bits per heavy atom. The van der Waals surface area contributed by atoms with Gasteiger partial charge in [-0.05, 0) is 42.5 Å². The van der Waals surface area contributed by atoms with Crippen LogP contribution in [0.25, 0.3) is 0 Å². The molecule has 2 aromatic carbocycles. The molecule has 1 aliphatic heterocycles. The molecule has 1 heterocycles. The molecule has 0 bridgehead atoms. The molecule has 0 radical (unpaired) electrons. The number of sulfonamides is 1. The summed E-state index contributed by atoms with van der Waals surface area (Å²) in [5.74, 6) is 0. The van der Waals surface area contributed by atoms with Crippen molar-refractivity contribution in [3.05, 3.63) is 53.6 Å². The molecule has 0 aromatic heterocycles. The normalized spacial score (nSPS) is 14.7. The van der Waals surface area contributed by atoms with Crippen molar-refractivity contribution in [3.8, 4) is 6.07 Å². The number of para-hydroxylation sites is 1. The Kier molecular flexibility index (Phi) is 7.64. The standard InChI is InChI=1S/C20H21ClN4O3S2/c21-18-8-7-17(30(26,27)24-11-13-28-14-12-24)15-19(18)23-20(29)25(10-4-9-22)16-5-2-1-3-6-16/h1-3,5-8,15H,4,10-14H2,(H,23,29). The van der Waals surface area contributed by atoms with Gasteiger partial charge in [0.2, 0.25) is 10.0 Å². The molecule has 0 saturated carbocycles. The van der Waals surface area contributed by atoms with E-state index in [0.717, 1.165) is 5.69 Å². The second-order valence-corrected chi connectivity index (χ2v) is 9.22. The van der Waals surface area contributed by atoms with Gasteiger partial charge in [0.15, 0.2) is 5.11 Å². The molecular weight excluding hydrogens is 444 g/mol. The maximum Gasteiger partial charge on any atom is 0.243 e. The fourth-order valence-corrected chi connectivity index (χ4v) is 4.90. The van der Waals surface area contributed by atoms with Crippen molar-refractivity contribution in [2.24, 2.45) is 0 Å². The van der Waals surface area contributed by atoms with Crippen LogP contribution in [0.1, 0.15) is 6.42 Å². The second kappa shape index (κ2) is 10.2. The maximum absolute atomic E-state index is 13.0. The largest absolute Gasteiger partial charge is 0.379 e. The van der Waals surface area contributed by atoms with E-state index >= 15 is 0 Å². The summed E-state index contributed by atoms with van der Waals surface area (Å²) in [6, 6.07) is 16.0. The first-order chi connectivity index (χ1) is 14.4. The Bertz CT molecular complexity index is 1040. The number of hydrogen-bond acceptors (Lipinski definition) is 5. The highest BCUT2D eigenvalue weighted by Gasteiger charge is 2.27. The Balaban J connectivity index is 1.85. The Labute approximate surface area is 186 Å². The lowest BCUT2D eigenvalue weighted by atomic mass is 10.2. The van der Waals surface area contributed by atoms with Crippen molar-refractivity contribution in [2.45, 2.75) is 11.3 Å². The van der Waals surface area contributed by atoms with Crippen LogP contribution in [-0.2, 0) is 14.8 Å². The summed E-state index contributed by atoms with van der Waals surface area (Å²) in [5, 5.41) is 12.7. The minimum atomic E-state index is -3.67. The Morgan fingerprint density at radius 2 is 1.93 bits per heavy atom. The third-order valence-electron chi connectivity index (χ3n) is 4.55. The van der Waals surface area contributed by atoms with Gasteiger partial charge in [0.1, 0.15) is 0 Å². The van der Waals surface area contributed by atoms with Crippen LogP contribution in [0.2, 0.25) is 5.02 Å². The number of rotatable bonds is 6. The first-order valence-corrected chi connectivity index (χ1v) is 11.5. The van der Waals surface area contributed by atoms with E-state index in [1.54, 1.807) is 4.90 Å². The third kappa shape index (κ3) is 5.28. The van der Waals surface area contributed by atoms with Gasteiger partial charge in [-0.2, -0.15) is 9.57 Å². The Hall–Kier alpha value is -2.22. The van der Waals surface area contributed by atoms with Crippen molar-refractivity contribution >= 4 is 50.3 Å². The number of benzene rings is 2. The summed E-state index contributed by atoms with van der Waals surface area (Å²) >= 11 is 11.9. The molecule has 1 N–H and O–H groups in total. The molecule has 2 aromatic rings. The highest BCUT2D eigenvalue weighted by molar-refractivity contribution is 7.89. The second-order valence-electron chi connectivity index (χ2n) is 6.48. The van der Waals surface area contributed by atoms with E-state index in [4.69, 9.17) is 33.8 Å². The number of morpholine rings is 1. The number of anilines is 2. The van der Waals surface area contributed by atoms with Gasteiger partial charge in [0, 0.05) is 25.3 Å². The third-order valence-corrected chi connectivity index (χ3v) is 7.09. The Morgan fingerprint density at radius 1 is 1.23 bits per heavy atom. The van der Waals surface area contributed by atoms with Crippen LogP contribution >= 0.6 is 23.8 Å². The van der Waals surface area contributed by atoms with Gasteiger partial charge in [-0.25, -0.2) is 8.42 Å². The van der Waals surface area contributed by atoms with Crippen LogP contribution in [0.15, 0.2) is 53.4 Å². The van der Waals surface area contributed by atoms with E-state index in [-0.39, 0.29) is 11.3 Å². The van der Waals surface area contributed by atoms with Crippen molar-refractivity contribution in [3.63, 3.8) is 0 Å². The summed E-state index contributed by atoms with van der Waals surface area (Å²) in [7, 11) is -3.67. The predicted molar refractivity (Wildman–Crippen MR) is 121 cm³/mol. The van der Waals surface area contributed by atoms with Crippen LogP contribution in [-0.4, -0.2) is 50.7 Å². The summed E-state index contributed by atoms with van der Waals surface area (Å²) in [4.78, 5) is 1.90. The summed E-state index contributed by atoms with van der Waals surface area (Å²) in [6.45, 7) is 1.74. The number of halogens is 1. The number of nitrogens with zero attached hydrogens (tertiary/aromatic N) is 3. The van der Waals surface area contributed by atoms with E-state index in [9.17, 15) is 8.42 Å². The van der Waals surface area contributed by atoms with Crippen molar-refractivity contribution in [2.75, 3.05) is 43.1 Å². The van der Waals surface area contributed by atoms with Gasteiger partial charge >= 0.3 is 0 Å². The molecule has 3 rings (SSSR count). The monoisotopic (exact) mass is 464 g/mol. The zero-order chi connectivity index (χ0) is 21.6. The zero-order valence-electron chi connectivity index (χ0n) is 16.1. The highest BCUT2D eigenvalue weighted by Crippen LogP contribution is 2.28. The molecule has 0 unspecified atom stereocenters. The van der Waals surface area contributed by atoms with Crippen molar-refractivity contribution in [1.29, 1.82) is 5.26 Å². The fraction of sp³-hybridized carbons (Fsp3) is 0.300. The van der Waals surface area contributed by atoms with Crippen LogP contribution in [0.3, 0.4) is 0 Å². The average molecular weight is 465 g/mol. The molecule has 7 nitrogen and oxygen atoms in total. The zero-order valence-corrected chi connectivity index (χ0v) is 18.5. The number of nitriles is 1. The number of thiocarbonyl (C=S) groups is 1. The molecule has 0 spiro atoms. The topological polar surface area (TPSA) is 85.7 Å². The SMILES string of the molecule is N#CCCN(C(=S)Nc1cc(S(=O)(=O)N2CCOCC2)ccc1Cl)c1ccccc1. The van der Waals surface area contributed by atoms with E-state index in [0.29, 0.717) is 48.7 Å². The molecule has 1 saturated heterocycles. The molecule has 10 heteroatoms. The van der Waals surface area contributed by atoms with E-state index in [2.05, 4.69) is 11.4 Å². The van der Waals surface area contributed by atoms with Crippen molar-refractivity contribution < 1.29 is 13.2 Å². The predicted octanol–water partition coefficient (Wildman–Crippen LogP) is 3.48. The molecular formula is C20H21ClN4O3S2. The van der Waals surface area contributed by atoms with Crippen molar-refractivity contribution in [1.82, 2.24) is 4.31 Å². The van der Waals surface area contributed by atoms with Crippen LogP contribution in [0.5, 0.6) is 0 Å². The van der Waals surface area contributed by atoms with Gasteiger partial charge in [0.25, 0.3) is 0 Å². The number of hydrogen-bond donors (Lipinski definition) is 1. The molecule has 1 fully saturated rings. The van der Waals surface area contributed by atoms with Crippen LogP contribution in [0.4, 0.5) is 11.4 Å². The minimum absolute atomic E-state index is 0.127. The van der Waals surface area contributed by atoms with Crippen LogP contribution < -0.4 is 10.2 Å². The first kappa shape index (κ1) is 22.5. The van der Waals surface area contributed by atoms with Gasteiger partial charge in [-0.15, -0.1) is 0 Å². The number of nitrogens with one attached hydrogen (secondary N) is 1. The van der Waals surface area contributed by atoms with Gasteiger partial charge in [-0.1, -0.05) is 29.8 Å². The summed E-state index contributed by atoms with van der Waals surface area (Å²) in [6.07, 6.45) is 0.274. The lowest BCUT2D eigenvalue weighted by Gasteiger charge is -2.27. The van der Waals surface area contributed by atoms with Gasteiger partial charge < -0.3 is 15.0 Å².